The van der Waals surface area contributed by atoms with Crippen LogP contribution < -0.4 is 0 Å². The molecule has 1 aromatic rings. The van der Waals surface area contributed by atoms with Crippen molar-refractivity contribution >= 4 is 15.9 Å². The van der Waals surface area contributed by atoms with Gasteiger partial charge in [0.25, 0.3) is 0 Å². The molecular weight excluding hydrogens is 256 g/mol. The number of alkyl halides is 1. The summed E-state index contributed by atoms with van der Waals surface area (Å²) in [5, 5.41) is 4.18. The number of rotatable bonds is 3. The molecule has 4 nitrogen and oxygen atoms in total. The third kappa shape index (κ3) is 2.39. The van der Waals surface area contributed by atoms with E-state index in [4.69, 9.17) is 0 Å². The van der Waals surface area contributed by atoms with Gasteiger partial charge in [-0.3, -0.25) is 4.90 Å². The van der Waals surface area contributed by atoms with Crippen LogP contribution >= 0.6 is 15.9 Å². The second-order valence-electron chi connectivity index (χ2n) is 4.18. The van der Waals surface area contributed by atoms with Crippen LogP contribution in [-0.2, 0) is 13.1 Å². The monoisotopic (exact) mass is 272 g/mol. The van der Waals surface area contributed by atoms with Gasteiger partial charge < -0.3 is 0 Å². The van der Waals surface area contributed by atoms with Gasteiger partial charge in [-0.05, 0) is 12.8 Å². The Kier molecular flexibility index (Phi) is 3.41. The summed E-state index contributed by atoms with van der Waals surface area (Å²) in [5.41, 5.74) is 0. The summed E-state index contributed by atoms with van der Waals surface area (Å²) in [6.45, 7) is 8.45. The largest absolute Gasteiger partial charge is 0.295 e. The molecule has 0 amide bonds. The highest BCUT2D eigenvalue weighted by atomic mass is 79.9. The molecule has 2 rings (SSSR count). The average molecular weight is 273 g/mol. The van der Waals surface area contributed by atoms with E-state index >= 15 is 0 Å². The molecule has 0 bridgehead atoms. The molecular formula is C10H17BrN4. The van der Waals surface area contributed by atoms with Gasteiger partial charge in [0.1, 0.15) is 12.2 Å². The van der Waals surface area contributed by atoms with Crippen molar-refractivity contribution in [3.63, 3.8) is 0 Å². The van der Waals surface area contributed by atoms with Crippen LogP contribution in [0.4, 0.5) is 0 Å². The van der Waals surface area contributed by atoms with E-state index in [-0.39, 0.29) is 0 Å². The van der Waals surface area contributed by atoms with Crippen LogP contribution in [0.1, 0.15) is 19.7 Å². The number of aryl methyl sites for hydroxylation is 1. The fraction of sp³-hybridized carbons (Fsp3) is 0.800. The molecule has 1 aromatic heterocycles. The van der Waals surface area contributed by atoms with Crippen LogP contribution in [-0.4, -0.2) is 37.6 Å². The molecule has 1 saturated heterocycles. The minimum absolute atomic E-state index is 0.621. The third-order valence-electron chi connectivity index (χ3n) is 2.96. The van der Waals surface area contributed by atoms with Gasteiger partial charge in [-0.2, -0.15) is 5.10 Å². The summed E-state index contributed by atoms with van der Waals surface area (Å²) in [5.74, 6) is 1.80. The molecule has 1 aliphatic rings. The van der Waals surface area contributed by atoms with E-state index in [0.717, 1.165) is 37.9 Å². The van der Waals surface area contributed by atoms with Crippen molar-refractivity contribution in [1.82, 2.24) is 19.7 Å². The van der Waals surface area contributed by atoms with Gasteiger partial charge in [0.15, 0.2) is 0 Å². The first kappa shape index (κ1) is 11.1. The van der Waals surface area contributed by atoms with Crippen LogP contribution in [0.2, 0.25) is 0 Å². The molecule has 0 spiro atoms. The molecule has 0 saturated carbocycles. The molecule has 5 heteroatoms. The van der Waals surface area contributed by atoms with Crippen LogP contribution in [0.25, 0.3) is 0 Å². The normalized spacial score (nSPS) is 27.4. The SMILES string of the molecule is CCn1ncnc1CN1CC(C)C(Br)C1. The topological polar surface area (TPSA) is 34.0 Å². The van der Waals surface area contributed by atoms with Crippen molar-refractivity contribution in [2.75, 3.05) is 13.1 Å². The highest BCUT2D eigenvalue weighted by Gasteiger charge is 2.27. The van der Waals surface area contributed by atoms with Crippen molar-refractivity contribution < 1.29 is 0 Å². The Morgan fingerprint density at radius 3 is 2.93 bits per heavy atom. The van der Waals surface area contributed by atoms with Gasteiger partial charge in [-0.1, -0.05) is 22.9 Å². The molecule has 0 radical (unpaired) electrons. The zero-order valence-electron chi connectivity index (χ0n) is 9.23. The molecule has 1 aliphatic heterocycles. The lowest BCUT2D eigenvalue weighted by Crippen LogP contribution is -2.23. The lowest BCUT2D eigenvalue weighted by molar-refractivity contribution is 0.305. The van der Waals surface area contributed by atoms with Gasteiger partial charge in [-0.25, -0.2) is 9.67 Å². The maximum Gasteiger partial charge on any atom is 0.140 e. The van der Waals surface area contributed by atoms with Crippen LogP contribution in [0, 0.1) is 5.92 Å². The summed E-state index contributed by atoms with van der Waals surface area (Å²) in [7, 11) is 0. The van der Waals surface area contributed by atoms with E-state index in [1.165, 1.54) is 0 Å². The number of aromatic nitrogens is 3. The number of nitrogens with zero attached hydrogens (tertiary/aromatic N) is 4. The molecule has 1 fully saturated rings. The van der Waals surface area contributed by atoms with E-state index in [9.17, 15) is 0 Å². The standard InChI is InChI=1S/C10H17BrN4/c1-3-15-10(12-7-13-15)6-14-4-8(2)9(11)5-14/h7-9H,3-6H2,1-2H3. The van der Waals surface area contributed by atoms with Gasteiger partial charge >= 0.3 is 0 Å². The Hall–Kier alpha value is -0.420. The first-order chi connectivity index (χ1) is 7.20. The predicted molar refractivity (Wildman–Crippen MR) is 62.9 cm³/mol. The first-order valence-electron chi connectivity index (χ1n) is 5.43. The fourth-order valence-electron chi connectivity index (χ4n) is 2.03. The van der Waals surface area contributed by atoms with E-state index in [0.29, 0.717) is 4.83 Å². The maximum atomic E-state index is 4.30. The molecule has 2 heterocycles. The Bertz CT molecular complexity index is 315. The van der Waals surface area contributed by atoms with E-state index in [2.05, 4.69) is 44.8 Å². The smallest absolute Gasteiger partial charge is 0.140 e. The lowest BCUT2D eigenvalue weighted by Gasteiger charge is -2.14. The second kappa shape index (κ2) is 4.61. The summed E-state index contributed by atoms with van der Waals surface area (Å²) in [4.78, 5) is 7.35. The van der Waals surface area contributed by atoms with Crippen molar-refractivity contribution in [3.05, 3.63) is 12.2 Å². The lowest BCUT2D eigenvalue weighted by atomic mass is 10.2. The van der Waals surface area contributed by atoms with Crippen LogP contribution in [0.3, 0.4) is 0 Å². The Labute approximate surface area is 98.8 Å². The fourth-order valence-corrected chi connectivity index (χ4v) is 2.60. The summed E-state index contributed by atoms with van der Waals surface area (Å²) in [6.07, 6.45) is 1.64. The Morgan fingerprint density at radius 1 is 1.53 bits per heavy atom. The average Bonchev–Trinajstić information content (AvgIpc) is 2.75. The summed E-state index contributed by atoms with van der Waals surface area (Å²) >= 11 is 3.70. The van der Waals surface area contributed by atoms with Gasteiger partial charge in [0.2, 0.25) is 0 Å². The molecule has 2 unspecified atom stereocenters. The van der Waals surface area contributed by atoms with Crippen molar-refractivity contribution in [1.29, 1.82) is 0 Å². The molecule has 15 heavy (non-hydrogen) atoms. The zero-order chi connectivity index (χ0) is 10.8. The van der Waals surface area contributed by atoms with E-state index < -0.39 is 0 Å². The maximum absolute atomic E-state index is 4.30. The van der Waals surface area contributed by atoms with Gasteiger partial charge in [-0.15, -0.1) is 0 Å². The molecule has 84 valence electrons. The minimum Gasteiger partial charge on any atom is -0.295 e. The molecule has 0 N–H and O–H groups in total. The number of hydrogen-bond donors (Lipinski definition) is 0. The van der Waals surface area contributed by atoms with Crippen molar-refractivity contribution in [2.45, 2.75) is 31.8 Å². The predicted octanol–water partition coefficient (Wildman–Crippen LogP) is 1.51. The Balaban J connectivity index is 1.98. The minimum atomic E-state index is 0.621. The quantitative estimate of drug-likeness (QED) is 0.783. The number of halogens is 1. The zero-order valence-corrected chi connectivity index (χ0v) is 10.8. The highest BCUT2D eigenvalue weighted by Crippen LogP contribution is 2.23. The molecule has 2 atom stereocenters. The molecule has 0 aromatic carbocycles. The van der Waals surface area contributed by atoms with Crippen LogP contribution in [0.5, 0.6) is 0 Å². The molecule has 0 aliphatic carbocycles. The number of hydrogen-bond acceptors (Lipinski definition) is 3. The summed E-state index contributed by atoms with van der Waals surface area (Å²) < 4.78 is 1.96. The van der Waals surface area contributed by atoms with Crippen molar-refractivity contribution in [3.8, 4) is 0 Å². The van der Waals surface area contributed by atoms with Gasteiger partial charge in [0.05, 0.1) is 6.54 Å². The number of likely N-dealkylation sites (tertiary alicyclic amines) is 1. The van der Waals surface area contributed by atoms with Crippen molar-refractivity contribution in [2.24, 2.45) is 5.92 Å². The second-order valence-corrected chi connectivity index (χ2v) is 5.36. The highest BCUT2D eigenvalue weighted by molar-refractivity contribution is 9.09. The van der Waals surface area contributed by atoms with Gasteiger partial charge in [0, 0.05) is 24.5 Å². The summed E-state index contributed by atoms with van der Waals surface area (Å²) in [6, 6.07) is 0. The van der Waals surface area contributed by atoms with E-state index in [1.807, 2.05) is 4.68 Å². The first-order valence-corrected chi connectivity index (χ1v) is 6.35. The third-order valence-corrected chi connectivity index (χ3v) is 4.15. The van der Waals surface area contributed by atoms with Crippen LogP contribution in [0.15, 0.2) is 6.33 Å². The Morgan fingerprint density at radius 2 is 2.33 bits per heavy atom. The van der Waals surface area contributed by atoms with E-state index in [1.54, 1.807) is 6.33 Å².